The van der Waals surface area contributed by atoms with Gasteiger partial charge in [0.1, 0.15) is 0 Å². The topological polar surface area (TPSA) is 91.7 Å². The molecule has 2 N–H and O–H groups in total. The molecule has 5 nitrogen and oxygen atoms in total. The van der Waals surface area contributed by atoms with Crippen molar-refractivity contribution in [2.45, 2.75) is 19.4 Å². The van der Waals surface area contributed by atoms with Gasteiger partial charge in [-0.25, -0.2) is 13.2 Å². The molecule has 0 aromatic carbocycles. The minimum absolute atomic E-state index is 0.653. The van der Waals surface area contributed by atoms with Gasteiger partial charge in [-0.05, 0) is 5.92 Å². The molecule has 0 heterocycles. The zero-order valence-electron chi connectivity index (χ0n) is 7.81. The zero-order valence-corrected chi connectivity index (χ0v) is 8.63. The highest BCUT2D eigenvalue weighted by Crippen LogP contribution is 2.19. The molecule has 0 amide bonds. The van der Waals surface area contributed by atoms with Crippen molar-refractivity contribution in [3.05, 3.63) is 0 Å². The Hall–Kier alpha value is -0.620. The van der Waals surface area contributed by atoms with E-state index in [9.17, 15) is 18.3 Å². The summed E-state index contributed by atoms with van der Waals surface area (Å²) < 4.78 is 21.7. The number of hydrogen-bond acceptors (Lipinski definition) is 4. The van der Waals surface area contributed by atoms with Crippen LogP contribution in [0.25, 0.3) is 0 Å². The van der Waals surface area contributed by atoms with Crippen LogP contribution < -0.4 is 0 Å². The highest BCUT2D eigenvalue weighted by Gasteiger charge is 2.42. The number of carbonyl (C=O) groups is 1. The highest BCUT2D eigenvalue weighted by molar-refractivity contribution is 7.90. The number of sulfone groups is 1. The molecule has 1 atom stereocenters. The van der Waals surface area contributed by atoms with Gasteiger partial charge in [-0.1, -0.05) is 13.8 Å². The molecule has 0 saturated carbocycles. The number of rotatable bonds is 4. The molecule has 0 aromatic rings. The summed E-state index contributed by atoms with van der Waals surface area (Å²) in [6.07, 6.45) is 0.892. The summed E-state index contributed by atoms with van der Waals surface area (Å²) in [4.78, 5) is 10.6. The van der Waals surface area contributed by atoms with Crippen LogP contribution >= 0.6 is 0 Å². The van der Waals surface area contributed by atoms with E-state index in [0.29, 0.717) is 0 Å². The largest absolute Gasteiger partial charge is 0.479 e. The molecule has 6 heteroatoms. The third-order valence-corrected chi connectivity index (χ3v) is 2.77. The van der Waals surface area contributed by atoms with E-state index in [2.05, 4.69) is 0 Å². The molecular weight excluding hydrogens is 196 g/mol. The third-order valence-electron chi connectivity index (χ3n) is 1.81. The Morgan fingerprint density at radius 2 is 1.85 bits per heavy atom. The van der Waals surface area contributed by atoms with E-state index in [1.54, 1.807) is 0 Å². The fraction of sp³-hybridized carbons (Fsp3) is 0.857. The van der Waals surface area contributed by atoms with Crippen molar-refractivity contribution in [1.29, 1.82) is 0 Å². The highest BCUT2D eigenvalue weighted by atomic mass is 32.2. The van der Waals surface area contributed by atoms with Crippen LogP contribution in [0.3, 0.4) is 0 Å². The molecule has 0 aromatic heterocycles. The van der Waals surface area contributed by atoms with Crippen molar-refractivity contribution in [3.63, 3.8) is 0 Å². The van der Waals surface area contributed by atoms with E-state index in [-0.39, 0.29) is 0 Å². The first-order valence-electron chi connectivity index (χ1n) is 3.73. The number of aliphatic hydroxyl groups is 1. The SMILES string of the molecule is CC(C)C(O)(CS(C)(=O)=O)C(=O)O. The van der Waals surface area contributed by atoms with Gasteiger partial charge in [-0.2, -0.15) is 0 Å². The van der Waals surface area contributed by atoms with Crippen molar-refractivity contribution in [3.8, 4) is 0 Å². The predicted octanol–water partition coefficient (Wildman–Crippen LogP) is -0.497. The molecule has 0 saturated heterocycles. The minimum atomic E-state index is -3.50. The smallest absolute Gasteiger partial charge is 0.337 e. The summed E-state index contributed by atoms with van der Waals surface area (Å²) in [5.74, 6) is -2.92. The van der Waals surface area contributed by atoms with E-state index in [1.165, 1.54) is 13.8 Å². The summed E-state index contributed by atoms with van der Waals surface area (Å²) in [6, 6.07) is 0. The second-order valence-corrected chi connectivity index (χ2v) is 5.59. The van der Waals surface area contributed by atoms with Gasteiger partial charge < -0.3 is 10.2 Å². The third kappa shape index (κ3) is 3.31. The Morgan fingerprint density at radius 1 is 1.46 bits per heavy atom. The van der Waals surface area contributed by atoms with Crippen LogP contribution in [-0.4, -0.2) is 42.2 Å². The number of carboxylic acid groups (broad SMARTS) is 1. The number of hydrogen-bond donors (Lipinski definition) is 2. The van der Waals surface area contributed by atoms with Crippen molar-refractivity contribution in [1.82, 2.24) is 0 Å². The Kier molecular flexibility index (Phi) is 3.46. The van der Waals surface area contributed by atoms with E-state index in [4.69, 9.17) is 5.11 Å². The molecule has 0 aliphatic heterocycles. The monoisotopic (exact) mass is 210 g/mol. The van der Waals surface area contributed by atoms with Gasteiger partial charge in [0.05, 0.1) is 5.75 Å². The van der Waals surface area contributed by atoms with Gasteiger partial charge in [0, 0.05) is 6.26 Å². The van der Waals surface area contributed by atoms with Gasteiger partial charge in [0.2, 0.25) is 0 Å². The molecule has 0 spiro atoms. The lowest BCUT2D eigenvalue weighted by Gasteiger charge is -2.26. The number of aliphatic carboxylic acids is 1. The van der Waals surface area contributed by atoms with Crippen molar-refractivity contribution < 1.29 is 23.4 Å². The van der Waals surface area contributed by atoms with E-state index < -0.39 is 33.1 Å². The molecule has 0 bridgehead atoms. The van der Waals surface area contributed by atoms with Gasteiger partial charge in [-0.15, -0.1) is 0 Å². The summed E-state index contributed by atoms with van der Waals surface area (Å²) in [5.41, 5.74) is -2.19. The molecular formula is C7H14O5S. The number of carboxylic acids is 1. The second kappa shape index (κ2) is 3.63. The van der Waals surface area contributed by atoms with Crippen LogP contribution in [-0.2, 0) is 14.6 Å². The molecule has 78 valence electrons. The first-order chi connectivity index (χ1) is 5.59. The molecule has 1 unspecified atom stereocenters. The van der Waals surface area contributed by atoms with E-state index in [1.807, 2.05) is 0 Å². The first-order valence-corrected chi connectivity index (χ1v) is 5.79. The molecule has 0 rings (SSSR count). The molecule has 13 heavy (non-hydrogen) atoms. The molecule has 0 fully saturated rings. The summed E-state index contributed by atoms with van der Waals surface area (Å²) in [7, 11) is -3.50. The van der Waals surface area contributed by atoms with Crippen LogP contribution in [0.4, 0.5) is 0 Å². The van der Waals surface area contributed by atoms with Crippen LogP contribution in [0, 0.1) is 5.92 Å². The quantitative estimate of drug-likeness (QED) is 0.652. The lowest BCUT2D eigenvalue weighted by Crippen LogP contribution is -2.49. The van der Waals surface area contributed by atoms with Gasteiger partial charge >= 0.3 is 5.97 Å². The Labute approximate surface area is 77.3 Å². The lowest BCUT2D eigenvalue weighted by molar-refractivity contribution is -0.160. The minimum Gasteiger partial charge on any atom is -0.479 e. The lowest BCUT2D eigenvalue weighted by atomic mass is 9.93. The van der Waals surface area contributed by atoms with Crippen LogP contribution in [0.1, 0.15) is 13.8 Å². The molecule has 0 aliphatic rings. The fourth-order valence-electron chi connectivity index (χ4n) is 0.875. The van der Waals surface area contributed by atoms with Crippen molar-refractivity contribution >= 4 is 15.8 Å². The summed E-state index contributed by atoms with van der Waals surface area (Å²) >= 11 is 0. The normalized spacial score (nSPS) is 17.0. The standard InChI is InChI=1S/C7H14O5S/c1-5(2)7(10,6(8)9)4-13(3,11)12/h5,10H,4H2,1-3H3,(H,8,9). The Bertz CT molecular complexity index is 292. The van der Waals surface area contributed by atoms with Crippen LogP contribution in [0.2, 0.25) is 0 Å². The Balaban J connectivity index is 4.95. The summed E-state index contributed by atoms with van der Waals surface area (Å²) in [6.45, 7) is 2.92. The van der Waals surface area contributed by atoms with Crippen LogP contribution in [0.15, 0.2) is 0 Å². The van der Waals surface area contributed by atoms with Gasteiger partial charge in [-0.3, -0.25) is 0 Å². The maximum atomic E-state index is 10.8. The first kappa shape index (κ1) is 12.4. The second-order valence-electron chi connectivity index (χ2n) is 3.45. The fourth-order valence-corrected chi connectivity index (χ4v) is 2.13. The van der Waals surface area contributed by atoms with Crippen molar-refractivity contribution in [2.75, 3.05) is 12.0 Å². The van der Waals surface area contributed by atoms with Crippen LogP contribution in [0.5, 0.6) is 0 Å². The predicted molar refractivity (Wildman–Crippen MR) is 47.1 cm³/mol. The van der Waals surface area contributed by atoms with Gasteiger partial charge in [0.25, 0.3) is 0 Å². The van der Waals surface area contributed by atoms with Crippen molar-refractivity contribution in [2.24, 2.45) is 5.92 Å². The van der Waals surface area contributed by atoms with E-state index in [0.717, 1.165) is 6.26 Å². The van der Waals surface area contributed by atoms with E-state index >= 15 is 0 Å². The molecule has 0 radical (unpaired) electrons. The maximum absolute atomic E-state index is 10.8. The average Bonchev–Trinajstić information content (AvgIpc) is 1.82. The van der Waals surface area contributed by atoms with Gasteiger partial charge in [0.15, 0.2) is 15.4 Å². The summed E-state index contributed by atoms with van der Waals surface area (Å²) in [5, 5.41) is 18.2. The maximum Gasteiger partial charge on any atom is 0.337 e. The average molecular weight is 210 g/mol. The zero-order chi connectivity index (χ0) is 10.9. The molecule has 0 aliphatic carbocycles. The Morgan fingerprint density at radius 3 is 1.92 bits per heavy atom.